The van der Waals surface area contributed by atoms with Crippen molar-refractivity contribution < 1.29 is 72.3 Å². The molecule has 2 aromatic heterocycles. The molecule has 2 heterocycles. The summed E-state index contributed by atoms with van der Waals surface area (Å²) < 4.78 is 133. The standard InChI is InChI=1S/C31H42N12O16S4/c1-43(15-23(47)17-45)31-41-27(33-9-11-61(51,52)53)39-30(42-31)36-21-7-5-19(25(13-21)63(57,58)59)3-2-18-4-6-20(12-24(18)62(54,55)56)35-29-38-26(32-8-10-60(48,49)50)37-28(40-29)34-14-22(46)16-44/h2-7,12-13,22-23,44-47H,8-11,14-17H2,1H3,(H,48,49,50)(H,51,52,53)(H,54,55,56)(H,57,58,59)(H2,33,36,39,41,42)(H3,32,34,35,37,38,40). The second-order valence-corrected chi connectivity index (χ2v) is 18.9. The Labute approximate surface area is 359 Å². The molecule has 4 aromatic rings. The summed E-state index contributed by atoms with van der Waals surface area (Å²) in [5.74, 6) is -2.75. The first kappa shape index (κ1) is 50.1. The molecular formula is C31H42N12O16S4. The Kier molecular flexibility index (Phi) is 16.9. The molecule has 32 heteroatoms. The summed E-state index contributed by atoms with van der Waals surface area (Å²) in [6, 6.07) is 6.95. The Bertz CT molecular complexity index is 2730. The molecule has 2 atom stereocenters. The van der Waals surface area contributed by atoms with Crippen molar-refractivity contribution in [3.8, 4) is 0 Å². The van der Waals surface area contributed by atoms with E-state index < -0.39 is 87.2 Å². The lowest BCUT2D eigenvalue weighted by Gasteiger charge is -2.20. The van der Waals surface area contributed by atoms with Crippen molar-refractivity contribution in [3.63, 3.8) is 0 Å². The first-order valence-corrected chi connectivity index (χ1v) is 23.8. The lowest BCUT2D eigenvalue weighted by atomic mass is 10.1. The Morgan fingerprint density at radius 3 is 1.41 bits per heavy atom. The van der Waals surface area contributed by atoms with E-state index in [1.165, 1.54) is 36.2 Å². The van der Waals surface area contributed by atoms with Gasteiger partial charge >= 0.3 is 0 Å². The maximum Gasteiger partial charge on any atom is 0.295 e. The number of aliphatic hydroxyl groups excluding tert-OH is 4. The minimum absolute atomic E-state index is 0.0361. The molecule has 0 radical (unpaired) electrons. The van der Waals surface area contributed by atoms with E-state index in [1.807, 2.05) is 0 Å². The molecule has 2 unspecified atom stereocenters. The summed E-state index contributed by atoms with van der Waals surface area (Å²) in [6.07, 6.45) is -0.227. The fourth-order valence-electron chi connectivity index (χ4n) is 4.96. The van der Waals surface area contributed by atoms with Gasteiger partial charge in [-0.1, -0.05) is 24.3 Å². The Morgan fingerprint density at radius 1 is 0.587 bits per heavy atom. The molecule has 0 aliphatic rings. The van der Waals surface area contributed by atoms with E-state index in [1.54, 1.807) is 0 Å². The highest BCUT2D eigenvalue weighted by Gasteiger charge is 2.20. The minimum Gasteiger partial charge on any atom is -0.394 e. The van der Waals surface area contributed by atoms with Gasteiger partial charge in [-0.15, -0.1) is 0 Å². The van der Waals surface area contributed by atoms with Crippen LogP contribution in [0.5, 0.6) is 0 Å². The van der Waals surface area contributed by atoms with Crippen molar-refractivity contribution in [1.82, 2.24) is 29.9 Å². The highest BCUT2D eigenvalue weighted by atomic mass is 32.2. The summed E-state index contributed by atoms with van der Waals surface area (Å²) in [5, 5.41) is 51.1. The van der Waals surface area contributed by atoms with Crippen LogP contribution in [0, 0.1) is 0 Å². The molecule has 13 N–H and O–H groups in total. The number of nitrogens with zero attached hydrogens (tertiary/aromatic N) is 7. The maximum atomic E-state index is 12.6. The molecular weight excluding hydrogens is 925 g/mol. The molecule has 0 fully saturated rings. The van der Waals surface area contributed by atoms with E-state index >= 15 is 0 Å². The summed E-state index contributed by atoms with van der Waals surface area (Å²) in [6.45, 7) is -2.33. The first-order chi connectivity index (χ1) is 29.3. The van der Waals surface area contributed by atoms with Gasteiger partial charge in [-0.2, -0.15) is 63.6 Å². The lowest BCUT2D eigenvalue weighted by Crippen LogP contribution is -2.32. The smallest absolute Gasteiger partial charge is 0.295 e. The number of likely N-dealkylation sites (N-methyl/N-ethyl adjacent to an activating group) is 1. The monoisotopic (exact) mass is 966 g/mol. The molecule has 2 aromatic carbocycles. The zero-order valence-electron chi connectivity index (χ0n) is 32.5. The molecule has 0 saturated heterocycles. The van der Waals surface area contributed by atoms with Gasteiger partial charge in [0.15, 0.2) is 0 Å². The third kappa shape index (κ3) is 16.6. The van der Waals surface area contributed by atoms with Gasteiger partial charge in [0.1, 0.15) is 9.79 Å². The van der Waals surface area contributed by atoms with Gasteiger partial charge in [-0.05, 0) is 35.4 Å². The van der Waals surface area contributed by atoms with E-state index in [9.17, 15) is 58.1 Å². The molecule has 0 aliphatic carbocycles. The van der Waals surface area contributed by atoms with Crippen molar-refractivity contribution in [2.45, 2.75) is 22.0 Å². The third-order valence-corrected chi connectivity index (χ3v) is 11.1. The number of nitrogens with one attached hydrogen (secondary N) is 5. The molecule has 0 aliphatic heterocycles. The third-order valence-electron chi connectivity index (χ3n) is 7.83. The Hall–Kier alpha value is -5.52. The average molecular weight is 967 g/mol. The molecule has 0 spiro atoms. The molecule has 28 nitrogen and oxygen atoms in total. The fourth-order valence-corrected chi connectivity index (χ4v) is 7.10. The number of aromatic nitrogens is 6. The van der Waals surface area contributed by atoms with Crippen LogP contribution in [0.15, 0.2) is 46.2 Å². The van der Waals surface area contributed by atoms with Crippen molar-refractivity contribution in [2.24, 2.45) is 0 Å². The Balaban J connectivity index is 1.66. The van der Waals surface area contributed by atoms with E-state index in [0.29, 0.717) is 0 Å². The van der Waals surface area contributed by atoms with Crippen molar-refractivity contribution in [3.05, 3.63) is 47.5 Å². The van der Waals surface area contributed by atoms with Crippen molar-refractivity contribution in [1.29, 1.82) is 0 Å². The Morgan fingerprint density at radius 2 is 0.984 bits per heavy atom. The number of benzene rings is 2. The van der Waals surface area contributed by atoms with Gasteiger partial charge < -0.3 is 51.9 Å². The van der Waals surface area contributed by atoms with Crippen LogP contribution in [0.3, 0.4) is 0 Å². The summed E-state index contributed by atoms with van der Waals surface area (Å²) >= 11 is 0. The number of hydrogen-bond donors (Lipinski definition) is 13. The van der Waals surface area contributed by atoms with Gasteiger partial charge in [0.25, 0.3) is 40.5 Å². The van der Waals surface area contributed by atoms with Crippen LogP contribution in [0.25, 0.3) is 12.2 Å². The fraction of sp³-hybridized carbons (Fsp3) is 0.355. The van der Waals surface area contributed by atoms with Crippen molar-refractivity contribution in [2.75, 3.05) is 89.4 Å². The van der Waals surface area contributed by atoms with Crippen LogP contribution >= 0.6 is 0 Å². The van der Waals surface area contributed by atoms with Gasteiger partial charge in [0, 0.05) is 44.6 Å². The molecule has 346 valence electrons. The molecule has 0 bridgehead atoms. The van der Waals surface area contributed by atoms with Crippen LogP contribution in [0.4, 0.5) is 47.1 Å². The first-order valence-electron chi connectivity index (χ1n) is 17.7. The number of anilines is 8. The van der Waals surface area contributed by atoms with Gasteiger partial charge in [0.2, 0.25) is 35.7 Å². The SMILES string of the molecule is CN(CC(O)CO)c1nc(NCCS(=O)(=O)O)nc(Nc2ccc(C=Cc3ccc(Nc4nc(NCCS(=O)(=O)O)nc(NCC(O)CO)n4)cc3S(=O)(=O)O)c(S(=O)(=O)O)c2)n1. The number of aliphatic hydroxyl groups is 4. The van der Waals surface area contributed by atoms with Crippen molar-refractivity contribution >= 4 is 99.7 Å². The molecule has 63 heavy (non-hydrogen) atoms. The van der Waals surface area contributed by atoms with Crippen LogP contribution in [-0.4, -0.2) is 172 Å². The zero-order valence-corrected chi connectivity index (χ0v) is 35.8. The lowest BCUT2D eigenvalue weighted by molar-refractivity contribution is 0.101. The predicted molar refractivity (Wildman–Crippen MR) is 225 cm³/mol. The van der Waals surface area contributed by atoms with E-state index in [2.05, 4.69) is 56.5 Å². The topological polar surface area (TPSA) is 439 Å². The highest BCUT2D eigenvalue weighted by Crippen LogP contribution is 2.28. The predicted octanol–water partition coefficient (Wildman–Crippen LogP) is -1.64. The highest BCUT2D eigenvalue weighted by molar-refractivity contribution is 7.86. The van der Waals surface area contributed by atoms with E-state index in [4.69, 9.17) is 14.2 Å². The summed E-state index contributed by atoms with van der Waals surface area (Å²) in [5.41, 5.74) is -0.443. The number of rotatable bonds is 24. The van der Waals surface area contributed by atoms with E-state index in [0.717, 1.165) is 24.3 Å². The average Bonchev–Trinajstić information content (AvgIpc) is 3.17. The molecule has 4 rings (SSSR count). The largest absolute Gasteiger partial charge is 0.394 e. The van der Waals surface area contributed by atoms with Crippen LogP contribution in [0.1, 0.15) is 11.1 Å². The second kappa shape index (κ2) is 21.2. The van der Waals surface area contributed by atoms with Crippen LogP contribution in [-0.2, 0) is 40.5 Å². The minimum atomic E-state index is -5.01. The maximum absolute atomic E-state index is 12.6. The number of hydrogen-bond acceptors (Lipinski definition) is 24. The summed E-state index contributed by atoms with van der Waals surface area (Å²) in [7, 11) is -17.3. The zero-order chi connectivity index (χ0) is 46.8. The summed E-state index contributed by atoms with van der Waals surface area (Å²) in [4.78, 5) is 24.4. The van der Waals surface area contributed by atoms with E-state index in [-0.39, 0.29) is 84.4 Å². The van der Waals surface area contributed by atoms with Crippen LogP contribution in [0.2, 0.25) is 0 Å². The second-order valence-electron chi connectivity index (χ2n) is 13.0. The quantitative estimate of drug-likeness (QED) is 0.0277. The van der Waals surface area contributed by atoms with Gasteiger partial charge in [0.05, 0.1) is 36.9 Å². The molecule has 0 saturated carbocycles. The van der Waals surface area contributed by atoms with Gasteiger partial charge in [-0.25, -0.2) is 0 Å². The molecule has 0 amide bonds. The van der Waals surface area contributed by atoms with Crippen LogP contribution < -0.4 is 31.5 Å². The van der Waals surface area contributed by atoms with Gasteiger partial charge in [-0.3, -0.25) is 18.2 Å². The normalized spacial score (nSPS) is 13.3.